The summed E-state index contributed by atoms with van der Waals surface area (Å²) in [5.41, 5.74) is 0.764. The van der Waals surface area contributed by atoms with Gasteiger partial charge in [0.2, 0.25) is 0 Å². The van der Waals surface area contributed by atoms with Gasteiger partial charge >= 0.3 is 0 Å². The first kappa shape index (κ1) is 9.47. The second kappa shape index (κ2) is 2.71. The van der Waals surface area contributed by atoms with Crippen LogP contribution in [0.5, 0.6) is 0 Å². The van der Waals surface area contributed by atoms with E-state index in [4.69, 9.17) is 0 Å². The Morgan fingerprint density at radius 2 is 2.08 bits per heavy atom. The van der Waals surface area contributed by atoms with Crippen LogP contribution in [0.3, 0.4) is 0 Å². The van der Waals surface area contributed by atoms with E-state index in [-0.39, 0.29) is 6.10 Å². The molecule has 0 radical (unpaired) electrons. The Labute approximate surface area is 80.7 Å². The van der Waals surface area contributed by atoms with Gasteiger partial charge in [0.25, 0.3) is 0 Å². The fraction of sp³-hybridized carbons (Fsp3) is 1.00. The first-order valence-corrected chi connectivity index (χ1v) is 5.35. The van der Waals surface area contributed by atoms with Crippen molar-refractivity contribution in [3.05, 3.63) is 0 Å². The normalized spacial score (nSPS) is 45.2. The predicted molar refractivity (Wildman–Crippen MR) is 53.5 cm³/mol. The number of nitrogens with one attached hydrogen (secondary N) is 1. The zero-order chi connectivity index (χ0) is 9.69. The van der Waals surface area contributed by atoms with Crippen molar-refractivity contribution in [1.82, 2.24) is 5.32 Å². The number of rotatable bonds is 0. The zero-order valence-corrected chi connectivity index (χ0v) is 8.93. The van der Waals surface area contributed by atoms with E-state index in [0.29, 0.717) is 16.9 Å². The van der Waals surface area contributed by atoms with Crippen LogP contribution in [-0.2, 0) is 0 Å². The Hall–Kier alpha value is -0.0800. The topological polar surface area (TPSA) is 32.3 Å². The van der Waals surface area contributed by atoms with E-state index in [2.05, 4.69) is 26.1 Å². The summed E-state index contributed by atoms with van der Waals surface area (Å²) in [6, 6.07) is 0.608. The average molecular weight is 183 g/mol. The molecule has 1 saturated carbocycles. The lowest BCUT2D eigenvalue weighted by molar-refractivity contribution is 0.00164. The van der Waals surface area contributed by atoms with E-state index in [1.807, 2.05) is 0 Å². The maximum Gasteiger partial charge on any atom is 0.0546 e. The van der Waals surface area contributed by atoms with Crippen molar-refractivity contribution in [2.45, 2.75) is 52.2 Å². The second-order valence-electron chi connectivity index (χ2n) is 5.94. The van der Waals surface area contributed by atoms with Crippen molar-refractivity contribution in [1.29, 1.82) is 0 Å². The Kier molecular flexibility index (Phi) is 1.97. The largest absolute Gasteiger partial charge is 0.393 e. The lowest BCUT2D eigenvalue weighted by Crippen LogP contribution is -2.66. The molecule has 0 amide bonds. The summed E-state index contributed by atoms with van der Waals surface area (Å²) in [5, 5.41) is 13.1. The first-order chi connectivity index (χ1) is 5.94. The van der Waals surface area contributed by atoms with Gasteiger partial charge in [-0.15, -0.1) is 0 Å². The van der Waals surface area contributed by atoms with E-state index in [0.717, 1.165) is 19.4 Å². The highest BCUT2D eigenvalue weighted by Gasteiger charge is 2.54. The minimum atomic E-state index is -0.0352. The number of hydrogen-bond donors (Lipinski definition) is 2. The van der Waals surface area contributed by atoms with Crippen LogP contribution in [0.2, 0.25) is 0 Å². The third kappa shape index (κ3) is 1.40. The molecule has 3 atom stereocenters. The van der Waals surface area contributed by atoms with Gasteiger partial charge in [-0.05, 0) is 24.7 Å². The van der Waals surface area contributed by atoms with E-state index in [9.17, 15) is 5.11 Å². The molecular formula is C11H21NO. The summed E-state index contributed by atoms with van der Waals surface area (Å²) in [7, 11) is 0. The van der Waals surface area contributed by atoms with E-state index >= 15 is 0 Å². The molecule has 76 valence electrons. The van der Waals surface area contributed by atoms with Gasteiger partial charge in [0.1, 0.15) is 0 Å². The Bertz CT molecular complexity index is 209. The molecule has 1 aliphatic heterocycles. The van der Waals surface area contributed by atoms with Gasteiger partial charge in [0, 0.05) is 18.0 Å². The molecule has 2 nitrogen and oxygen atoms in total. The molecule has 2 rings (SSSR count). The highest BCUT2D eigenvalue weighted by Crippen LogP contribution is 2.50. The molecule has 1 aliphatic carbocycles. The van der Waals surface area contributed by atoms with Crippen LogP contribution in [0.15, 0.2) is 0 Å². The minimum absolute atomic E-state index is 0.0352. The minimum Gasteiger partial charge on any atom is -0.393 e. The summed E-state index contributed by atoms with van der Waals surface area (Å²) in [6.07, 6.45) is 3.20. The third-order valence-corrected chi connectivity index (χ3v) is 3.75. The van der Waals surface area contributed by atoms with Crippen LogP contribution in [-0.4, -0.2) is 23.8 Å². The molecule has 0 aromatic carbocycles. The third-order valence-electron chi connectivity index (χ3n) is 3.75. The van der Waals surface area contributed by atoms with Crippen LogP contribution in [0.25, 0.3) is 0 Å². The SMILES string of the molecule is CC(C)(C)C1NCC12CC[C@H](O)C2. The summed E-state index contributed by atoms with van der Waals surface area (Å²) in [5.74, 6) is 0. The quantitative estimate of drug-likeness (QED) is 0.597. The van der Waals surface area contributed by atoms with Gasteiger partial charge in [-0.1, -0.05) is 20.8 Å². The van der Waals surface area contributed by atoms with Gasteiger partial charge in [-0.3, -0.25) is 0 Å². The molecule has 2 fully saturated rings. The molecule has 2 heteroatoms. The van der Waals surface area contributed by atoms with Gasteiger partial charge in [-0.2, -0.15) is 0 Å². The van der Waals surface area contributed by atoms with Crippen molar-refractivity contribution in [3.8, 4) is 0 Å². The molecule has 1 heterocycles. The van der Waals surface area contributed by atoms with Crippen LogP contribution in [0.1, 0.15) is 40.0 Å². The molecule has 1 spiro atoms. The van der Waals surface area contributed by atoms with Gasteiger partial charge in [-0.25, -0.2) is 0 Å². The van der Waals surface area contributed by atoms with Crippen molar-refractivity contribution in [2.75, 3.05) is 6.54 Å². The molecule has 2 N–H and O–H groups in total. The molecular weight excluding hydrogens is 162 g/mol. The molecule has 13 heavy (non-hydrogen) atoms. The predicted octanol–water partition coefficient (Wildman–Crippen LogP) is 1.54. The number of aliphatic hydroxyl groups excluding tert-OH is 1. The molecule has 1 saturated heterocycles. The number of aliphatic hydroxyl groups is 1. The zero-order valence-electron chi connectivity index (χ0n) is 8.93. The molecule has 2 aliphatic rings. The molecule has 0 aromatic heterocycles. The Morgan fingerprint density at radius 1 is 1.38 bits per heavy atom. The highest BCUT2D eigenvalue weighted by atomic mass is 16.3. The first-order valence-electron chi connectivity index (χ1n) is 5.35. The maximum absolute atomic E-state index is 9.59. The Balaban J connectivity index is 2.09. The Morgan fingerprint density at radius 3 is 2.38 bits per heavy atom. The summed E-state index contributed by atoms with van der Waals surface area (Å²) >= 11 is 0. The van der Waals surface area contributed by atoms with Crippen molar-refractivity contribution < 1.29 is 5.11 Å². The second-order valence-corrected chi connectivity index (χ2v) is 5.94. The van der Waals surface area contributed by atoms with Crippen LogP contribution < -0.4 is 5.32 Å². The number of hydrogen-bond acceptors (Lipinski definition) is 2. The fourth-order valence-electron chi connectivity index (χ4n) is 3.27. The van der Waals surface area contributed by atoms with E-state index < -0.39 is 0 Å². The lowest BCUT2D eigenvalue weighted by Gasteiger charge is -2.54. The van der Waals surface area contributed by atoms with E-state index in [1.165, 1.54) is 6.42 Å². The monoisotopic (exact) mass is 183 g/mol. The summed E-state index contributed by atoms with van der Waals surface area (Å²) < 4.78 is 0. The lowest BCUT2D eigenvalue weighted by atomic mass is 9.62. The average Bonchev–Trinajstić information content (AvgIpc) is 2.27. The highest BCUT2D eigenvalue weighted by molar-refractivity contribution is 5.10. The fourth-order valence-corrected chi connectivity index (χ4v) is 3.27. The van der Waals surface area contributed by atoms with Crippen molar-refractivity contribution in [2.24, 2.45) is 10.8 Å². The standard InChI is InChI=1S/C11H21NO/c1-10(2,3)9-11(7-12-9)5-4-8(13)6-11/h8-9,12-13H,4-7H2,1-3H3/t8-,9?,11?/m0/s1. The van der Waals surface area contributed by atoms with Crippen LogP contribution in [0.4, 0.5) is 0 Å². The summed E-state index contributed by atoms with van der Waals surface area (Å²) in [4.78, 5) is 0. The van der Waals surface area contributed by atoms with Crippen LogP contribution in [0, 0.1) is 10.8 Å². The summed E-state index contributed by atoms with van der Waals surface area (Å²) in [6.45, 7) is 7.98. The van der Waals surface area contributed by atoms with Crippen LogP contribution >= 0.6 is 0 Å². The maximum atomic E-state index is 9.59. The smallest absolute Gasteiger partial charge is 0.0546 e. The molecule has 0 bridgehead atoms. The molecule has 2 unspecified atom stereocenters. The van der Waals surface area contributed by atoms with Gasteiger partial charge < -0.3 is 10.4 Å². The van der Waals surface area contributed by atoms with Gasteiger partial charge in [0.15, 0.2) is 0 Å². The van der Waals surface area contributed by atoms with Crippen molar-refractivity contribution >= 4 is 0 Å². The van der Waals surface area contributed by atoms with Crippen molar-refractivity contribution in [3.63, 3.8) is 0 Å². The molecule has 0 aromatic rings. The van der Waals surface area contributed by atoms with E-state index in [1.54, 1.807) is 0 Å². The van der Waals surface area contributed by atoms with Gasteiger partial charge in [0.05, 0.1) is 6.10 Å².